The van der Waals surface area contributed by atoms with Crippen molar-refractivity contribution in [2.45, 2.75) is 25.4 Å². The molecular formula is C23H28N2O3. The number of nitrogens with zero attached hydrogens (tertiary/aromatic N) is 2. The third kappa shape index (κ3) is 3.72. The van der Waals surface area contributed by atoms with E-state index in [9.17, 15) is 4.79 Å². The van der Waals surface area contributed by atoms with Gasteiger partial charge < -0.3 is 14.4 Å². The monoisotopic (exact) mass is 380 g/mol. The maximum absolute atomic E-state index is 13.4. The van der Waals surface area contributed by atoms with Crippen LogP contribution in [0.25, 0.3) is 0 Å². The molecule has 3 fully saturated rings. The zero-order valence-electron chi connectivity index (χ0n) is 16.6. The number of piperidine rings is 1. The summed E-state index contributed by atoms with van der Waals surface area (Å²) < 4.78 is 10.9. The van der Waals surface area contributed by atoms with E-state index in [0.29, 0.717) is 29.0 Å². The first kappa shape index (κ1) is 18.8. The molecule has 0 unspecified atom stereocenters. The number of carbonyl (C=O) groups excluding carboxylic acids is 1. The average molecular weight is 380 g/mol. The largest absolute Gasteiger partial charge is 0.496 e. The highest BCUT2D eigenvalue weighted by Gasteiger charge is 2.37. The second-order valence-electron chi connectivity index (χ2n) is 7.76. The normalized spacial score (nSPS) is 22.0. The number of hydrogen-bond donors (Lipinski definition) is 0. The van der Waals surface area contributed by atoms with Crippen molar-refractivity contribution in [1.82, 2.24) is 9.80 Å². The molecule has 5 rings (SSSR count). The smallest absolute Gasteiger partial charge is 0.261 e. The lowest BCUT2D eigenvalue weighted by atomic mass is 9.94. The molecule has 2 atom stereocenters. The first-order valence-electron chi connectivity index (χ1n) is 9.98. The van der Waals surface area contributed by atoms with Crippen LogP contribution >= 0.6 is 0 Å². The average Bonchev–Trinajstić information content (AvgIpc) is 3.05. The van der Waals surface area contributed by atoms with Crippen molar-refractivity contribution in [3.05, 3.63) is 59.7 Å². The van der Waals surface area contributed by atoms with E-state index in [1.807, 2.05) is 23.1 Å². The SMILES string of the molecule is COc1cccc(OC)c1C(=O)N1C[C@@H]2CC[C@H](C1)N(Cc1ccccc1)C2. The number of hydrogen-bond acceptors (Lipinski definition) is 4. The van der Waals surface area contributed by atoms with Crippen LogP contribution in [-0.4, -0.2) is 55.6 Å². The second-order valence-corrected chi connectivity index (χ2v) is 7.76. The Morgan fingerprint density at radius 1 is 0.929 bits per heavy atom. The van der Waals surface area contributed by atoms with Crippen LogP contribution in [0.3, 0.4) is 0 Å². The fourth-order valence-corrected chi connectivity index (χ4v) is 4.58. The fourth-order valence-electron chi connectivity index (χ4n) is 4.58. The summed E-state index contributed by atoms with van der Waals surface area (Å²) in [4.78, 5) is 18.0. The molecule has 2 aromatic carbocycles. The lowest BCUT2D eigenvalue weighted by molar-refractivity contribution is 0.0729. The molecule has 3 aliphatic heterocycles. The second kappa shape index (κ2) is 8.23. The number of carbonyl (C=O) groups is 1. The molecule has 0 saturated carbocycles. The van der Waals surface area contributed by atoms with Gasteiger partial charge in [-0.15, -0.1) is 0 Å². The fraction of sp³-hybridized carbons (Fsp3) is 0.435. The maximum Gasteiger partial charge on any atom is 0.261 e. The molecule has 3 aliphatic rings. The molecule has 0 spiro atoms. The van der Waals surface area contributed by atoms with E-state index in [2.05, 4.69) is 35.2 Å². The van der Waals surface area contributed by atoms with Crippen LogP contribution in [0.5, 0.6) is 11.5 Å². The first-order chi connectivity index (χ1) is 13.7. The Labute approximate surface area is 166 Å². The number of fused-ring (bicyclic) bond motifs is 4. The number of rotatable bonds is 5. The Kier molecular flexibility index (Phi) is 5.53. The summed E-state index contributed by atoms with van der Waals surface area (Å²) in [6.45, 7) is 3.54. The molecule has 0 N–H and O–H groups in total. The molecule has 0 aromatic heterocycles. The van der Waals surface area contributed by atoms with Gasteiger partial charge in [-0.25, -0.2) is 0 Å². The van der Waals surface area contributed by atoms with Crippen molar-refractivity contribution in [3.8, 4) is 11.5 Å². The van der Waals surface area contributed by atoms with Crippen molar-refractivity contribution >= 4 is 5.91 Å². The Morgan fingerprint density at radius 2 is 1.64 bits per heavy atom. The van der Waals surface area contributed by atoms with Gasteiger partial charge in [0.1, 0.15) is 17.1 Å². The zero-order valence-corrected chi connectivity index (χ0v) is 16.6. The number of benzene rings is 2. The molecule has 5 nitrogen and oxygen atoms in total. The van der Waals surface area contributed by atoms with Gasteiger partial charge in [0.05, 0.1) is 14.2 Å². The van der Waals surface area contributed by atoms with Crippen LogP contribution in [-0.2, 0) is 6.54 Å². The van der Waals surface area contributed by atoms with E-state index < -0.39 is 0 Å². The lowest BCUT2D eigenvalue weighted by Crippen LogP contribution is -2.44. The zero-order chi connectivity index (χ0) is 19.5. The van der Waals surface area contributed by atoms with Gasteiger partial charge >= 0.3 is 0 Å². The molecule has 3 saturated heterocycles. The van der Waals surface area contributed by atoms with Crippen LogP contribution in [0.1, 0.15) is 28.8 Å². The molecule has 0 radical (unpaired) electrons. The molecule has 5 heteroatoms. The van der Waals surface area contributed by atoms with Crippen molar-refractivity contribution in [3.63, 3.8) is 0 Å². The van der Waals surface area contributed by atoms with E-state index in [-0.39, 0.29) is 5.91 Å². The summed E-state index contributed by atoms with van der Waals surface area (Å²) in [5.41, 5.74) is 1.86. The highest BCUT2D eigenvalue weighted by atomic mass is 16.5. The number of ether oxygens (including phenoxy) is 2. The van der Waals surface area contributed by atoms with Crippen molar-refractivity contribution in [2.75, 3.05) is 33.9 Å². The Balaban J connectivity index is 1.56. The minimum Gasteiger partial charge on any atom is -0.496 e. The molecule has 28 heavy (non-hydrogen) atoms. The van der Waals surface area contributed by atoms with E-state index in [1.165, 1.54) is 12.0 Å². The number of amides is 1. The van der Waals surface area contributed by atoms with Crippen LogP contribution in [0.4, 0.5) is 0 Å². The highest BCUT2D eigenvalue weighted by molar-refractivity contribution is 5.99. The van der Waals surface area contributed by atoms with Gasteiger partial charge in [-0.1, -0.05) is 36.4 Å². The van der Waals surface area contributed by atoms with Gasteiger partial charge in [0, 0.05) is 32.2 Å². The summed E-state index contributed by atoms with van der Waals surface area (Å²) in [6, 6.07) is 16.5. The van der Waals surface area contributed by atoms with Gasteiger partial charge in [-0.2, -0.15) is 0 Å². The summed E-state index contributed by atoms with van der Waals surface area (Å²) in [5, 5.41) is 0. The Morgan fingerprint density at radius 3 is 2.32 bits per heavy atom. The quantitative estimate of drug-likeness (QED) is 0.797. The molecule has 2 bridgehead atoms. The topological polar surface area (TPSA) is 42.0 Å². The third-order valence-corrected chi connectivity index (χ3v) is 5.98. The minimum absolute atomic E-state index is 0.00719. The van der Waals surface area contributed by atoms with Crippen LogP contribution in [0.15, 0.2) is 48.5 Å². The van der Waals surface area contributed by atoms with Gasteiger partial charge in [0.15, 0.2) is 0 Å². The molecular weight excluding hydrogens is 352 g/mol. The predicted molar refractivity (Wildman–Crippen MR) is 109 cm³/mol. The van der Waals surface area contributed by atoms with E-state index in [0.717, 1.165) is 32.6 Å². The highest BCUT2D eigenvalue weighted by Crippen LogP contribution is 2.34. The minimum atomic E-state index is 0.00719. The Hall–Kier alpha value is -2.53. The van der Waals surface area contributed by atoms with Crippen LogP contribution in [0, 0.1) is 5.92 Å². The van der Waals surface area contributed by atoms with E-state index in [4.69, 9.17) is 9.47 Å². The molecule has 3 heterocycles. The van der Waals surface area contributed by atoms with E-state index in [1.54, 1.807) is 14.2 Å². The standard InChI is InChI=1S/C23H28N2O3/c1-27-20-9-6-10-21(28-2)22(20)23(26)25-15-18-11-12-19(16-25)24(14-18)13-17-7-4-3-5-8-17/h3-10,18-19H,11-16H2,1-2H3/t18-,19-/m1/s1. The van der Waals surface area contributed by atoms with Crippen molar-refractivity contribution in [1.29, 1.82) is 0 Å². The Bertz CT molecular complexity index is 802. The van der Waals surface area contributed by atoms with Crippen molar-refractivity contribution in [2.24, 2.45) is 5.92 Å². The van der Waals surface area contributed by atoms with Crippen LogP contribution < -0.4 is 9.47 Å². The summed E-state index contributed by atoms with van der Waals surface area (Å²) >= 11 is 0. The molecule has 2 aromatic rings. The third-order valence-electron chi connectivity index (χ3n) is 5.98. The summed E-state index contributed by atoms with van der Waals surface area (Å²) in [6.07, 6.45) is 2.33. The lowest BCUT2D eigenvalue weighted by Gasteiger charge is -2.36. The predicted octanol–water partition coefficient (Wildman–Crippen LogP) is 3.44. The van der Waals surface area contributed by atoms with Crippen LogP contribution in [0.2, 0.25) is 0 Å². The van der Waals surface area contributed by atoms with Gasteiger partial charge in [0.25, 0.3) is 5.91 Å². The molecule has 0 aliphatic carbocycles. The molecule has 148 valence electrons. The van der Waals surface area contributed by atoms with Crippen molar-refractivity contribution < 1.29 is 14.3 Å². The first-order valence-corrected chi connectivity index (χ1v) is 9.98. The maximum atomic E-state index is 13.4. The van der Waals surface area contributed by atoms with Gasteiger partial charge in [0.2, 0.25) is 0 Å². The van der Waals surface area contributed by atoms with Gasteiger partial charge in [-0.3, -0.25) is 9.69 Å². The van der Waals surface area contributed by atoms with E-state index >= 15 is 0 Å². The summed E-state index contributed by atoms with van der Waals surface area (Å²) in [5.74, 6) is 1.66. The number of methoxy groups -OCH3 is 2. The summed E-state index contributed by atoms with van der Waals surface area (Å²) in [7, 11) is 3.19. The molecule has 1 amide bonds. The van der Waals surface area contributed by atoms with Gasteiger partial charge in [-0.05, 0) is 36.5 Å².